The summed E-state index contributed by atoms with van der Waals surface area (Å²) in [5.74, 6) is 0.419. The van der Waals surface area contributed by atoms with Gasteiger partial charge in [0.05, 0.1) is 5.69 Å². The summed E-state index contributed by atoms with van der Waals surface area (Å²) in [5.41, 5.74) is 9.37. The van der Waals surface area contributed by atoms with Crippen molar-refractivity contribution < 1.29 is 4.79 Å². The standard InChI is InChI=1S/C20H21N5O/c21-19-18(22-20(26)24-13-7-8-14-24)17(15-9-3-1-4-10-15)23-25(19)16-11-5-2-6-12-16/h1-6,9-12H,7-8,13-14,21H2,(H,22,26). The van der Waals surface area contributed by atoms with Crippen LogP contribution in [0.4, 0.5) is 16.3 Å². The Morgan fingerprint density at radius 2 is 1.58 bits per heavy atom. The van der Waals surface area contributed by atoms with Crippen molar-refractivity contribution in [2.24, 2.45) is 0 Å². The van der Waals surface area contributed by atoms with Gasteiger partial charge in [0.25, 0.3) is 0 Å². The molecular formula is C20H21N5O. The number of nitrogens with one attached hydrogen (secondary N) is 1. The number of nitrogens with zero attached hydrogens (tertiary/aromatic N) is 3. The predicted molar refractivity (Wildman–Crippen MR) is 103 cm³/mol. The molecule has 4 rings (SSSR count). The molecular weight excluding hydrogens is 326 g/mol. The molecule has 0 unspecified atom stereocenters. The zero-order valence-electron chi connectivity index (χ0n) is 14.4. The van der Waals surface area contributed by atoms with Crippen LogP contribution < -0.4 is 11.1 Å². The second-order valence-electron chi connectivity index (χ2n) is 6.35. The van der Waals surface area contributed by atoms with Gasteiger partial charge in [-0.2, -0.15) is 5.10 Å². The number of anilines is 2. The van der Waals surface area contributed by atoms with Crippen LogP contribution in [0, 0.1) is 0 Å². The second-order valence-corrected chi connectivity index (χ2v) is 6.35. The number of aromatic nitrogens is 2. The first-order valence-electron chi connectivity index (χ1n) is 8.79. The Bertz CT molecular complexity index is 899. The lowest BCUT2D eigenvalue weighted by Crippen LogP contribution is -2.32. The second kappa shape index (κ2) is 6.92. The SMILES string of the molecule is Nc1c(NC(=O)N2CCCC2)c(-c2ccccc2)nn1-c1ccccc1. The van der Waals surface area contributed by atoms with Gasteiger partial charge in [-0.25, -0.2) is 9.48 Å². The molecule has 1 fully saturated rings. The molecule has 1 aliphatic rings. The molecule has 1 saturated heterocycles. The van der Waals surface area contributed by atoms with E-state index in [-0.39, 0.29) is 6.03 Å². The predicted octanol–water partition coefficient (Wildman–Crippen LogP) is 3.75. The highest BCUT2D eigenvalue weighted by atomic mass is 16.2. The van der Waals surface area contributed by atoms with Gasteiger partial charge in [-0.1, -0.05) is 48.5 Å². The van der Waals surface area contributed by atoms with Gasteiger partial charge in [0.1, 0.15) is 11.4 Å². The Morgan fingerprint density at radius 3 is 2.23 bits per heavy atom. The van der Waals surface area contributed by atoms with Crippen molar-refractivity contribution in [1.82, 2.24) is 14.7 Å². The average molecular weight is 347 g/mol. The number of benzene rings is 2. The fourth-order valence-electron chi connectivity index (χ4n) is 3.22. The topological polar surface area (TPSA) is 76.2 Å². The van der Waals surface area contributed by atoms with Crippen LogP contribution in [-0.4, -0.2) is 33.8 Å². The first-order valence-corrected chi connectivity index (χ1v) is 8.79. The molecule has 1 aliphatic heterocycles. The molecule has 0 radical (unpaired) electrons. The quantitative estimate of drug-likeness (QED) is 0.757. The number of nitrogens with two attached hydrogens (primary N) is 1. The van der Waals surface area contributed by atoms with Crippen molar-refractivity contribution in [2.75, 3.05) is 24.1 Å². The van der Waals surface area contributed by atoms with Gasteiger partial charge in [0, 0.05) is 18.7 Å². The van der Waals surface area contributed by atoms with Crippen molar-refractivity contribution >= 4 is 17.5 Å². The molecule has 0 saturated carbocycles. The number of carbonyl (C=O) groups excluding carboxylic acids is 1. The Balaban J connectivity index is 1.77. The number of rotatable bonds is 3. The number of nitrogen functional groups attached to an aromatic ring is 1. The summed E-state index contributed by atoms with van der Waals surface area (Å²) in [4.78, 5) is 14.4. The number of hydrogen-bond donors (Lipinski definition) is 2. The van der Waals surface area contributed by atoms with E-state index in [0.29, 0.717) is 17.2 Å². The van der Waals surface area contributed by atoms with Gasteiger partial charge in [-0.05, 0) is 25.0 Å². The minimum Gasteiger partial charge on any atom is -0.382 e. The molecule has 26 heavy (non-hydrogen) atoms. The Labute approximate surface area is 152 Å². The van der Waals surface area contributed by atoms with Gasteiger partial charge in [0.2, 0.25) is 0 Å². The summed E-state index contributed by atoms with van der Waals surface area (Å²) in [5, 5.41) is 7.68. The van der Waals surface area contributed by atoms with E-state index in [1.54, 1.807) is 4.68 Å². The van der Waals surface area contributed by atoms with Crippen LogP contribution in [0.5, 0.6) is 0 Å². The third-order valence-corrected chi connectivity index (χ3v) is 4.59. The van der Waals surface area contributed by atoms with E-state index in [2.05, 4.69) is 10.4 Å². The molecule has 3 N–H and O–H groups in total. The highest BCUT2D eigenvalue weighted by Gasteiger charge is 2.24. The van der Waals surface area contributed by atoms with Crippen LogP contribution in [0.15, 0.2) is 60.7 Å². The zero-order chi connectivity index (χ0) is 17.9. The molecule has 3 aromatic rings. The highest BCUT2D eigenvalue weighted by Crippen LogP contribution is 2.34. The smallest absolute Gasteiger partial charge is 0.322 e. The minimum absolute atomic E-state index is 0.126. The monoisotopic (exact) mass is 347 g/mol. The molecule has 0 aliphatic carbocycles. The maximum absolute atomic E-state index is 12.6. The van der Waals surface area contributed by atoms with E-state index in [9.17, 15) is 4.79 Å². The summed E-state index contributed by atoms with van der Waals surface area (Å²) in [6, 6.07) is 19.3. The lowest BCUT2D eigenvalue weighted by molar-refractivity contribution is 0.222. The Kier molecular flexibility index (Phi) is 4.31. The molecule has 0 bridgehead atoms. The summed E-state index contributed by atoms with van der Waals surface area (Å²) in [6.07, 6.45) is 2.08. The third-order valence-electron chi connectivity index (χ3n) is 4.59. The summed E-state index contributed by atoms with van der Waals surface area (Å²) in [6.45, 7) is 1.55. The summed E-state index contributed by atoms with van der Waals surface area (Å²) < 4.78 is 1.67. The van der Waals surface area contributed by atoms with Crippen molar-refractivity contribution in [3.63, 3.8) is 0 Å². The Hall–Kier alpha value is -3.28. The molecule has 0 atom stereocenters. The number of carbonyl (C=O) groups is 1. The number of para-hydroxylation sites is 1. The van der Waals surface area contributed by atoms with Crippen LogP contribution in [-0.2, 0) is 0 Å². The lowest BCUT2D eigenvalue weighted by Gasteiger charge is -2.16. The number of hydrogen-bond acceptors (Lipinski definition) is 3. The van der Waals surface area contributed by atoms with Crippen molar-refractivity contribution in [3.8, 4) is 16.9 Å². The van der Waals surface area contributed by atoms with Crippen LogP contribution in [0.1, 0.15) is 12.8 Å². The number of urea groups is 1. The number of amides is 2. The molecule has 6 heteroatoms. The molecule has 2 amide bonds. The molecule has 132 valence electrons. The van der Waals surface area contributed by atoms with Crippen LogP contribution in [0.2, 0.25) is 0 Å². The van der Waals surface area contributed by atoms with Gasteiger partial charge in [-0.3, -0.25) is 0 Å². The largest absolute Gasteiger partial charge is 0.382 e. The van der Waals surface area contributed by atoms with Gasteiger partial charge in [-0.15, -0.1) is 0 Å². The minimum atomic E-state index is -0.126. The fourth-order valence-corrected chi connectivity index (χ4v) is 3.22. The lowest BCUT2D eigenvalue weighted by atomic mass is 10.1. The number of likely N-dealkylation sites (tertiary alicyclic amines) is 1. The summed E-state index contributed by atoms with van der Waals surface area (Å²) >= 11 is 0. The molecule has 2 heterocycles. The molecule has 2 aromatic carbocycles. The van der Waals surface area contributed by atoms with Crippen molar-refractivity contribution in [1.29, 1.82) is 0 Å². The summed E-state index contributed by atoms with van der Waals surface area (Å²) in [7, 11) is 0. The van der Waals surface area contributed by atoms with Crippen molar-refractivity contribution in [3.05, 3.63) is 60.7 Å². The van der Waals surface area contributed by atoms with E-state index < -0.39 is 0 Å². The first-order chi connectivity index (χ1) is 12.7. The van der Waals surface area contributed by atoms with Crippen LogP contribution in [0.3, 0.4) is 0 Å². The van der Waals surface area contributed by atoms with Gasteiger partial charge < -0.3 is 16.0 Å². The van der Waals surface area contributed by atoms with E-state index in [1.165, 1.54) is 0 Å². The Morgan fingerprint density at radius 1 is 0.962 bits per heavy atom. The molecule has 6 nitrogen and oxygen atoms in total. The average Bonchev–Trinajstić information content (AvgIpc) is 3.33. The third kappa shape index (κ3) is 3.01. The van der Waals surface area contributed by atoms with Gasteiger partial charge >= 0.3 is 6.03 Å². The van der Waals surface area contributed by atoms with E-state index in [0.717, 1.165) is 37.2 Å². The van der Waals surface area contributed by atoms with E-state index in [4.69, 9.17) is 5.73 Å². The maximum Gasteiger partial charge on any atom is 0.322 e. The normalized spacial score (nSPS) is 13.8. The van der Waals surface area contributed by atoms with Crippen molar-refractivity contribution in [2.45, 2.75) is 12.8 Å². The zero-order valence-corrected chi connectivity index (χ0v) is 14.4. The highest BCUT2D eigenvalue weighted by molar-refractivity contribution is 5.97. The van der Waals surface area contributed by atoms with E-state index in [1.807, 2.05) is 65.6 Å². The maximum atomic E-state index is 12.6. The molecule has 1 aromatic heterocycles. The first kappa shape index (κ1) is 16.2. The van der Waals surface area contributed by atoms with E-state index >= 15 is 0 Å². The van der Waals surface area contributed by atoms with Gasteiger partial charge in [0.15, 0.2) is 5.82 Å². The van der Waals surface area contributed by atoms with Crippen LogP contribution in [0.25, 0.3) is 16.9 Å². The van der Waals surface area contributed by atoms with Crippen LogP contribution >= 0.6 is 0 Å². The molecule has 0 spiro atoms. The fraction of sp³-hybridized carbons (Fsp3) is 0.200.